The van der Waals surface area contributed by atoms with Crippen LogP contribution in [0.15, 0.2) is 0 Å². The van der Waals surface area contributed by atoms with Crippen LogP contribution in [0.25, 0.3) is 0 Å². The maximum Gasteiger partial charge on any atom is 0.237 e. The minimum absolute atomic E-state index is 0.0718. The van der Waals surface area contributed by atoms with Gasteiger partial charge in [-0.15, -0.1) is 0 Å². The van der Waals surface area contributed by atoms with E-state index in [0.717, 1.165) is 0 Å². The van der Waals surface area contributed by atoms with Gasteiger partial charge in [0.15, 0.2) is 0 Å². The van der Waals surface area contributed by atoms with Crippen molar-refractivity contribution in [2.45, 2.75) is 39.7 Å². The van der Waals surface area contributed by atoms with Gasteiger partial charge in [0.1, 0.15) is 7.85 Å². The zero-order valence-electron chi connectivity index (χ0n) is 8.64. The first-order chi connectivity index (χ1) is 5.25. The largest absolute Gasteiger partial charge is 0.360 e. The quantitative estimate of drug-likeness (QED) is 0.546. The molecule has 3 nitrogen and oxygen atoms in total. The number of amides is 1. The molecule has 0 heterocycles. The third-order valence-electron chi connectivity index (χ3n) is 1.65. The van der Waals surface area contributed by atoms with Gasteiger partial charge < -0.3 is 11.1 Å². The molecule has 4 heteroatoms. The Balaban J connectivity index is 4.12. The highest BCUT2D eigenvalue weighted by Gasteiger charge is 2.27. The molecule has 0 fully saturated rings. The van der Waals surface area contributed by atoms with Crippen molar-refractivity contribution in [3.8, 4) is 0 Å². The van der Waals surface area contributed by atoms with E-state index in [9.17, 15) is 4.79 Å². The lowest BCUT2D eigenvalue weighted by molar-refractivity contribution is -0.124. The van der Waals surface area contributed by atoms with E-state index in [1.807, 2.05) is 35.5 Å². The highest BCUT2D eigenvalue weighted by Crippen LogP contribution is 2.17. The first-order valence-electron chi connectivity index (χ1n) is 4.31. The van der Waals surface area contributed by atoms with Crippen LogP contribution in [0.4, 0.5) is 0 Å². The third-order valence-corrected chi connectivity index (χ3v) is 1.65. The molecular weight excluding hydrogens is 151 g/mol. The molecule has 2 atom stereocenters. The van der Waals surface area contributed by atoms with Gasteiger partial charge in [0.05, 0.1) is 6.04 Å². The summed E-state index contributed by atoms with van der Waals surface area (Å²) in [5, 5.41) is 2.79. The summed E-state index contributed by atoms with van der Waals surface area (Å²) < 4.78 is 0. The predicted molar refractivity (Wildman–Crippen MR) is 53.6 cm³/mol. The van der Waals surface area contributed by atoms with E-state index in [4.69, 9.17) is 5.73 Å². The van der Waals surface area contributed by atoms with Crippen molar-refractivity contribution in [1.29, 1.82) is 0 Å². The molecule has 0 aromatic carbocycles. The van der Waals surface area contributed by atoms with Gasteiger partial charge in [0.25, 0.3) is 0 Å². The maximum absolute atomic E-state index is 11.4. The average Bonchev–Trinajstić information content (AvgIpc) is 1.82. The Labute approximate surface area is 75.5 Å². The van der Waals surface area contributed by atoms with Crippen LogP contribution in [0.2, 0.25) is 0 Å². The van der Waals surface area contributed by atoms with Crippen molar-refractivity contribution >= 4 is 13.8 Å². The Kier molecular flexibility index (Phi) is 3.77. The van der Waals surface area contributed by atoms with Crippen molar-refractivity contribution < 1.29 is 4.79 Å². The molecule has 70 valence electrons. The smallest absolute Gasteiger partial charge is 0.237 e. The van der Waals surface area contributed by atoms with Crippen LogP contribution in [-0.2, 0) is 4.79 Å². The van der Waals surface area contributed by atoms with Crippen LogP contribution in [0.5, 0.6) is 0 Å². The van der Waals surface area contributed by atoms with E-state index in [1.165, 1.54) is 0 Å². The minimum atomic E-state index is -0.431. The SMILES string of the molecule is B[C@@H](C)NC(=O)C(N)C(C)(C)C. The molecule has 0 aromatic rings. The van der Waals surface area contributed by atoms with Crippen molar-refractivity contribution in [3.63, 3.8) is 0 Å². The summed E-state index contributed by atoms with van der Waals surface area (Å²) in [5.41, 5.74) is 5.56. The molecule has 3 N–H and O–H groups in total. The van der Waals surface area contributed by atoms with Gasteiger partial charge in [0.2, 0.25) is 5.91 Å². The molecule has 0 saturated carbocycles. The third kappa shape index (κ3) is 3.76. The number of hydrogen-bond acceptors (Lipinski definition) is 2. The monoisotopic (exact) mass is 170 g/mol. The molecule has 0 spiro atoms. The lowest BCUT2D eigenvalue weighted by atomic mass is 9.86. The van der Waals surface area contributed by atoms with Crippen molar-refractivity contribution in [3.05, 3.63) is 0 Å². The molecule has 12 heavy (non-hydrogen) atoms. The Hall–Kier alpha value is -0.505. The van der Waals surface area contributed by atoms with E-state index in [-0.39, 0.29) is 17.3 Å². The molecule has 0 aliphatic heterocycles. The Morgan fingerprint density at radius 3 is 2.17 bits per heavy atom. The summed E-state index contributed by atoms with van der Waals surface area (Å²) in [6.07, 6.45) is 0. The van der Waals surface area contributed by atoms with Gasteiger partial charge in [-0.25, -0.2) is 0 Å². The molecule has 0 saturated heterocycles. The van der Waals surface area contributed by atoms with Gasteiger partial charge in [-0.3, -0.25) is 4.79 Å². The zero-order chi connectivity index (χ0) is 9.94. The number of hydrogen-bond donors (Lipinski definition) is 2. The van der Waals surface area contributed by atoms with Crippen molar-refractivity contribution in [1.82, 2.24) is 5.32 Å². The maximum atomic E-state index is 11.4. The lowest BCUT2D eigenvalue weighted by Gasteiger charge is -2.26. The standard InChI is InChI=1S/C8H19BN2O/c1-5(9)11-7(12)6(10)8(2,3)4/h5-6H,9-10H2,1-4H3,(H,11,12)/t5-,6?/m1/s1. The second-order valence-corrected chi connectivity index (χ2v) is 4.51. The van der Waals surface area contributed by atoms with Crippen molar-refractivity contribution in [2.24, 2.45) is 11.1 Å². The minimum Gasteiger partial charge on any atom is -0.360 e. The number of carbonyl (C=O) groups excluding carboxylic acids is 1. The molecular formula is C8H19BN2O. The fourth-order valence-corrected chi connectivity index (χ4v) is 0.768. The van der Waals surface area contributed by atoms with E-state index >= 15 is 0 Å². The summed E-state index contributed by atoms with van der Waals surface area (Å²) in [7, 11) is 1.92. The second kappa shape index (κ2) is 3.94. The fourth-order valence-electron chi connectivity index (χ4n) is 0.768. The molecule has 0 radical (unpaired) electrons. The van der Waals surface area contributed by atoms with E-state index in [2.05, 4.69) is 5.32 Å². The van der Waals surface area contributed by atoms with Crippen LogP contribution in [0.3, 0.4) is 0 Å². The first kappa shape index (κ1) is 11.5. The number of nitrogens with one attached hydrogen (secondary N) is 1. The molecule has 0 rings (SSSR count). The van der Waals surface area contributed by atoms with Gasteiger partial charge in [-0.1, -0.05) is 27.7 Å². The lowest BCUT2D eigenvalue weighted by Crippen LogP contribution is -2.50. The van der Waals surface area contributed by atoms with E-state index in [0.29, 0.717) is 0 Å². The Morgan fingerprint density at radius 2 is 1.92 bits per heavy atom. The fraction of sp³-hybridized carbons (Fsp3) is 0.875. The predicted octanol–water partition coefficient (Wildman–Crippen LogP) is -0.545. The Bertz CT molecular complexity index is 163. The van der Waals surface area contributed by atoms with Gasteiger partial charge in [-0.05, 0) is 11.4 Å². The summed E-state index contributed by atoms with van der Waals surface area (Å²) in [6, 6.07) is -0.431. The second-order valence-electron chi connectivity index (χ2n) is 4.51. The number of rotatable bonds is 2. The first-order valence-corrected chi connectivity index (χ1v) is 4.31. The van der Waals surface area contributed by atoms with Crippen LogP contribution in [-0.4, -0.2) is 25.7 Å². The van der Waals surface area contributed by atoms with Crippen LogP contribution in [0, 0.1) is 5.41 Å². The molecule has 1 unspecified atom stereocenters. The van der Waals surface area contributed by atoms with Crippen LogP contribution in [0.1, 0.15) is 27.7 Å². The highest BCUT2D eigenvalue weighted by molar-refractivity contribution is 6.12. The van der Waals surface area contributed by atoms with Crippen molar-refractivity contribution in [2.75, 3.05) is 0 Å². The van der Waals surface area contributed by atoms with E-state index < -0.39 is 6.04 Å². The normalized spacial score (nSPS) is 16.8. The number of carbonyl (C=O) groups is 1. The molecule has 0 aliphatic carbocycles. The zero-order valence-corrected chi connectivity index (χ0v) is 8.64. The van der Waals surface area contributed by atoms with Gasteiger partial charge >= 0.3 is 0 Å². The molecule has 0 bridgehead atoms. The highest BCUT2D eigenvalue weighted by atomic mass is 16.2. The average molecular weight is 170 g/mol. The van der Waals surface area contributed by atoms with Crippen LogP contribution >= 0.6 is 0 Å². The summed E-state index contributed by atoms with van der Waals surface area (Å²) in [4.78, 5) is 11.4. The topological polar surface area (TPSA) is 55.1 Å². The van der Waals surface area contributed by atoms with E-state index in [1.54, 1.807) is 0 Å². The van der Waals surface area contributed by atoms with Gasteiger partial charge in [-0.2, -0.15) is 0 Å². The van der Waals surface area contributed by atoms with Crippen LogP contribution < -0.4 is 11.1 Å². The van der Waals surface area contributed by atoms with Gasteiger partial charge in [0, 0.05) is 0 Å². The molecule has 0 aromatic heterocycles. The molecule has 0 aliphatic rings. The Morgan fingerprint density at radius 1 is 1.50 bits per heavy atom. The summed E-state index contributed by atoms with van der Waals surface area (Å²) >= 11 is 0. The summed E-state index contributed by atoms with van der Waals surface area (Å²) in [5.74, 6) is 0.0865. The number of nitrogens with two attached hydrogens (primary N) is 1. The molecule has 1 amide bonds. The summed E-state index contributed by atoms with van der Waals surface area (Å²) in [6.45, 7) is 7.79.